The molecule has 148 valence electrons. The van der Waals surface area contributed by atoms with E-state index >= 15 is 0 Å². The Labute approximate surface area is 165 Å². The summed E-state index contributed by atoms with van der Waals surface area (Å²) in [5.41, 5.74) is 1.56. The molecule has 0 spiro atoms. The highest BCUT2D eigenvalue weighted by Gasteiger charge is 2.46. The number of carboxylic acid groups (broad SMARTS) is 1. The quantitative estimate of drug-likeness (QED) is 0.694. The second-order valence-corrected chi connectivity index (χ2v) is 7.46. The number of nitrogens with one attached hydrogen (secondary N) is 1. The Morgan fingerprint density at radius 1 is 1.11 bits per heavy atom. The number of rotatable bonds is 9. The van der Waals surface area contributed by atoms with Gasteiger partial charge in [-0.1, -0.05) is 48.9 Å². The van der Waals surface area contributed by atoms with E-state index in [9.17, 15) is 9.59 Å². The first-order chi connectivity index (χ1) is 13.5. The molecular weight excluding hydrogens is 354 g/mol. The van der Waals surface area contributed by atoms with Gasteiger partial charge in [0.15, 0.2) is 0 Å². The third kappa shape index (κ3) is 4.53. The lowest BCUT2D eigenvalue weighted by atomic mass is 9.63. The summed E-state index contributed by atoms with van der Waals surface area (Å²) in [5, 5.41) is 12.2. The van der Waals surface area contributed by atoms with E-state index in [1.165, 1.54) is 0 Å². The molecule has 5 nitrogen and oxygen atoms in total. The van der Waals surface area contributed by atoms with Crippen LogP contribution in [0.15, 0.2) is 54.6 Å². The standard InChI is InChI=1S/C23H27NO4/c1-28-20-11-8-18(9-12-20)23(14-5-15-23)22(27)24-19(10-13-21(25)26)16-17-6-3-2-4-7-17/h2-4,6-9,11-12,19H,5,10,13-16H2,1H3,(H,24,27)(H,25,26). The highest BCUT2D eigenvalue weighted by Crippen LogP contribution is 2.44. The first-order valence-corrected chi connectivity index (χ1v) is 9.75. The van der Waals surface area contributed by atoms with Gasteiger partial charge in [-0.05, 0) is 48.9 Å². The third-order valence-corrected chi connectivity index (χ3v) is 5.65. The molecular formula is C23H27NO4. The molecule has 28 heavy (non-hydrogen) atoms. The smallest absolute Gasteiger partial charge is 0.303 e. The highest BCUT2D eigenvalue weighted by atomic mass is 16.5. The van der Waals surface area contributed by atoms with Crippen LogP contribution in [0.3, 0.4) is 0 Å². The number of benzene rings is 2. The summed E-state index contributed by atoms with van der Waals surface area (Å²) in [6.45, 7) is 0. The number of ether oxygens (including phenoxy) is 1. The van der Waals surface area contributed by atoms with E-state index in [1.807, 2.05) is 54.6 Å². The summed E-state index contributed by atoms with van der Waals surface area (Å²) >= 11 is 0. The van der Waals surface area contributed by atoms with Crippen LogP contribution >= 0.6 is 0 Å². The van der Waals surface area contributed by atoms with Crippen molar-refractivity contribution in [3.05, 3.63) is 65.7 Å². The molecule has 0 heterocycles. The average Bonchev–Trinajstić information content (AvgIpc) is 2.66. The number of carboxylic acids is 1. The lowest BCUT2D eigenvalue weighted by Gasteiger charge is -2.41. The average molecular weight is 381 g/mol. The minimum Gasteiger partial charge on any atom is -0.497 e. The van der Waals surface area contributed by atoms with Crippen molar-refractivity contribution in [2.75, 3.05) is 7.11 Å². The van der Waals surface area contributed by atoms with Gasteiger partial charge < -0.3 is 15.2 Å². The van der Waals surface area contributed by atoms with E-state index in [2.05, 4.69) is 5.32 Å². The lowest BCUT2D eigenvalue weighted by Crippen LogP contribution is -2.52. The fourth-order valence-electron chi connectivity index (χ4n) is 3.83. The van der Waals surface area contributed by atoms with Crippen molar-refractivity contribution in [3.63, 3.8) is 0 Å². The Morgan fingerprint density at radius 2 is 1.79 bits per heavy atom. The van der Waals surface area contributed by atoms with Crippen molar-refractivity contribution < 1.29 is 19.4 Å². The van der Waals surface area contributed by atoms with Crippen LogP contribution < -0.4 is 10.1 Å². The number of aliphatic carboxylic acids is 1. The molecule has 2 aromatic rings. The second-order valence-electron chi connectivity index (χ2n) is 7.46. The first kappa shape index (κ1) is 19.9. The summed E-state index contributed by atoms with van der Waals surface area (Å²) < 4.78 is 5.22. The normalized spacial score (nSPS) is 15.9. The topological polar surface area (TPSA) is 75.6 Å². The van der Waals surface area contributed by atoms with Gasteiger partial charge in [0.25, 0.3) is 0 Å². The van der Waals surface area contributed by atoms with Crippen LogP contribution in [0.5, 0.6) is 5.75 Å². The zero-order valence-electron chi connectivity index (χ0n) is 16.2. The molecule has 1 saturated carbocycles. The molecule has 1 aliphatic rings. The number of hydrogen-bond donors (Lipinski definition) is 2. The molecule has 2 aromatic carbocycles. The third-order valence-electron chi connectivity index (χ3n) is 5.65. The van der Waals surface area contributed by atoms with E-state index in [-0.39, 0.29) is 18.4 Å². The Morgan fingerprint density at radius 3 is 2.32 bits per heavy atom. The van der Waals surface area contributed by atoms with Gasteiger partial charge in [0.1, 0.15) is 5.75 Å². The molecule has 1 aliphatic carbocycles. The van der Waals surface area contributed by atoms with Gasteiger partial charge in [-0.15, -0.1) is 0 Å². The van der Waals surface area contributed by atoms with Crippen LogP contribution in [0.4, 0.5) is 0 Å². The van der Waals surface area contributed by atoms with Crippen molar-refractivity contribution in [2.45, 2.75) is 50.0 Å². The van der Waals surface area contributed by atoms with Crippen molar-refractivity contribution >= 4 is 11.9 Å². The predicted molar refractivity (Wildman–Crippen MR) is 107 cm³/mol. The molecule has 1 unspecified atom stereocenters. The van der Waals surface area contributed by atoms with E-state index in [0.717, 1.165) is 36.1 Å². The number of hydrogen-bond acceptors (Lipinski definition) is 3. The summed E-state index contributed by atoms with van der Waals surface area (Å²) in [6.07, 6.45) is 3.70. The summed E-state index contributed by atoms with van der Waals surface area (Å²) in [5.74, 6) is -0.0851. The van der Waals surface area contributed by atoms with E-state index in [0.29, 0.717) is 12.8 Å². The van der Waals surface area contributed by atoms with Gasteiger partial charge in [-0.25, -0.2) is 0 Å². The maximum Gasteiger partial charge on any atom is 0.303 e. The molecule has 0 radical (unpaired) electrons. The van der Waals surface area contributed by atoms with Crippen LogP contribution in [0, 0.1) is 0 Å². The first-order valence-electron chi connectivity index (χ1n) is 9.75. The van der Waals surface area contributed by atoms with Crippen molar-refractivity contribution in [2.24, 2.45) is 0 Å². The highest BCUT2D eigenvalue weighted by molar-refractivity contribution is 5.89. The molecule has 1 atom stereocenters. The zero-order valence-corrected chi connectivity index (χ0v) is 16.2. The van der Waals surface area contributed by atoms with E-state index in [4.69, 9.17) is 9.84 Å². The van der Waals surface area contributed by atoms with Crippen molar-refractivity contribution in [1.29, 1.82) is 0 Å². The molecule has 0 bridgehead atoms. The number of carbonyl (C=O) groups excluding carboxylic acids is 1. The molecule has 1 fully saturated rings. The van der Waals surface area contributed by atoms with Gasteiger partial charge in [-0.3, -0.25) is 9.59 Å². The van der Waals surface area contributed by atoms with Gasteiger partial charge >= 0.3 is 5.97 Å². The minimum absolute atomic E-state index is 0.00441. The van der Waals surface area contributed by atoms with Crippen LogP contribution in [-0.4, -0.2) is 30.1 Å². The Bertz CT molecular complexity index is 797. The SMILES string of the molecule is COc1ccc(C2(C(=O)NC(CCC(=O)O)Cc3ccccc3)CCC2)cc1. The lowest BCUT2D eigenvalue weighted by molar-refractivity contribution is -0.138. The second kappa shape index (κ2) is 8.91. The van der Waals surface area contributed by atoms with E-state index in [1.54, 1.807) is 7.11 Å². The van der Waals surface area contributed by atoms with Gasteiger partial charge in [0.2, 0.25) is 5.91 Å². The fraction of sp³-hybridized carbons (Fsp3) is 0.391. The Hall–Kier alpha value is -2.82. The van der Waals surface area contributed by atoms with Crippen LogP contribution in [-0.2, 0) is 21.4 Å². The van der Waals surface area contributed by atoms with E-state index < -0.39 is 11.4 Å². The van der Waals surface area contributed by atoms with Crippen LogP contribution in [0.25, 0.3) is 0 Å². The number of carbonyl (C=O) groups is 2. The molecule has 1 amide bonds. The molecule has 2 N–H and O–H groups in total. The predicted octanol–water partition coefficient (Wildman–Crippen LogP) is 3.71. The molecule has 5 heteroatoms. The maximum atomic E-state index is 13.3. The summed E-state index contributed by atoms with van der Waals surface area (Å²) in [4.78, 5) is 24.3. The molecule has 3 rings (SSSR count). The largest absolute Gasteiger partial charge is 0.497 e. The minimum atomic E-state index is -0.846. The van der Waals surface area contributed by atoms with Crippen molar-refractivity contribution in [3.8, 4) is 5.75 Å². The number of methoxy groups -OCH3 is 1. The Balaban J connectivity index is 1.75. The summed E-state index contributed by atoms with van der Waals surface area (Å²) in [6, 6.07) is 17.3. The van der Waals surface area contributed by atoms with Crippen LogP contribution in [0.1, 0.15) is 43.2 Å². The Kier molecular flexibility index (Phi) is 6.34. The number of amides is 1. The van der Waals surface area contributed by atoms with Crippen LogP contribution in [0.2, 0.25) is 0 Å². The van der Waals surface area contributed by atoms with Gasteiger partial charge in [0, 0.05) is 12.5 Å². The molecule has 0 saturated heterocycles. The van der Waals surface area contributed by atoms with Gasteiger partial charge in [0.05, 0.1) is 12.5 Å². The fourth-order valence-corrected chi connectivity index (χ4v) is 3.83. The zero-order chi connectivity index (χ0) is 20.0. The van der Waals surface area contributed by atoms with Crippen molar-refractivity contribution in [1.82, 2.24) is 5.32 Å². The monoisotopic (exact) mass is 381 g/mol. The molecule has 0 aromatic heterocycles. The molecule has 0 aliphatic heterocycles. The summed E-state index contributed by atoms with van der Waals surface area (Å²) in [7, 11) is 1.62. The maximum absolute atomic E-state index is 13.3. The van der Waals surface area contributed by atoms with Gasteiger partial charge in [-0.2, -0.15) is 0 Å².